The summed E-state index contributed by atoms with van der Waals surface area (Å²) in [5.41, 5.74) is 7.37. The predicted octanol–water partition coefficient (Wildman–Crippen LogP) is 2.07. The van der Waals surface area contributed by atoms with E-state index in [0.717, 1.165) is 25.1 Å². The Morgan fingerprint density at radius 1 is 1.38 bits per heavy atom. The second-order valence-corrected chi connectivity index (χ2v) is 3.90. The number of likely N-dealkylation sites (N-methyl/N-ethyl adjacent to an activating group) is 1. The Balaban J connectivity index is 2.62. The van der Waals surface area contributed by atoms with Gasteiger partial charge in [-0.05, 0) is 31.0 Å². The lowest BCUT2D eigenvalue weighted by atomic mass is 10.1. The molecule has 2 N–H and O–H groups in total. The normalized spacial score (nSPS) is 10.1. The van der Waals surface area contributed by atoms with Crippen LogP contribution in [0.3, 0.4) is 0 Å². The van der Waals surface area contributed by atoms with Crippen molar-refractivity contribution in [3.63, 3.8) is 0 Å². The molecule has 0 bridgehead atoms. The van der Waals surface area contributed by atoms with E-state index in [4.69, 9.17) is 5.73 Å². The predicted molar refractivity (Wildman–Crippen MR) is 67.1 cm³/mol. The summed E-state index contributed by atoms with van der Waals surface area (Å²) < 4.78 is 0. The zero-order valence-corrected chi connectivity index (χ0v) is 10.1. The summed E-state index contributed by atoms with van der Waals surface area (Å²) >= 11 is 0. The molecular weight excluding hydrogens is 200 g/mol. The third-order valence-corrected chi connectivity index (χ3v) is 2.53. The highest BCUT2D eigenvalue weighted by atomic mass is 16.2. The summed E-state index contributed by atoms with van der Waals surface area (Å²) in [6.07, 6.45) is 1.44. The highest BCUT2D eigenvalue weighted by molar-refractivity contribution is 5.79. The van der Waals surface area contributed by atoms with E-state index in [0.29, 0.717) is 12.1 Å². The number of benzene rings is 1. The molecule has 0 aliphatic carbocycles. The van der Waals surface area contributed by atoms with Gasteiger partial charge in [0.05, 0.1) is 6.42 Å². The van der Waals surface area contributed by atoms with Gasteiger partial charge in [0.25, 0.3) is 0 Å². The fourth-order valence-corrected chi connectivity index (χ4v) is 1.72. The molecule has 3 nitrogen and oxygen atoms in total. The number of nitrogen functional groups attached to an aromatic ring is 1. The third kappa shape index (κ3) is 3.57. The first-order valence-corrected chi connectivity index (χ1v) is 5.79. The van der Waals surface area contributed by atoms with E-state index in [2.05, 4.69) is 6.92 Å². The minimum Gasteiger partial charge on any atom is -0.399 e. The van der Waals surface area contributed by atoms with Crippen LogP contribution in [0.25, 0.3) is 0 Å². The highest BCUT2D eigenvalue weighted by Crippen LogP contribution is 2.08. The molecule has 3 heteroatoms. The van der Waals surface area contributed by atoms with Crippen LogP contribution in [-0.4, -0.2) is 23.9 Å². The zero-order chi connectivity index (χ0) is 12.0. The molecule has 0 radical (unpaired) electrons. The van der Waals surface area contributed by atoms with Crippen molar-refractivity contribution < 1.29 is 4.79 Å². The summed E-state index contributed by atoms with van der Waals surface area (Å²) in [7, 11) is 0. The smallest absolute Gasteiger partial charge is 0.226 e. The molecule has 0 aromatic heterocycles. The summed E-state index contributed by atoms with van der Waals surface area (Å²) in [5.74, 6) is 0.176. The molecule has 0 spiro atoms. The van der Waals surface area contributed by atoms with E-state index in [1.165, 1.54) is 0 Å². The van der Waals surface area contributed by atoms with E-state index in [-0.39, 0.29) is 5.91 Å². The van der Waals surface area contributed by atoms with Crippen molar-refractivity contribution in [3.8, 4) is 0 Å². The van der Waals surface area contributed by atoms with E-state index in [9.17, 15) is 4.79 Å². The van der Waals surface area contributed by atoms with E-state index < -0.39 is 0 Å². The Hall–Kier alpha value is -1.51. The Labute approximate surface area is 97.2 Å². The molecule has 0 saturated carbocycles. The summed E-state index contributed by atoms with van der Waals surface area (Å²) in [4.78, 5) is 13.8. The molecule has 0 heterocycles. The Kier molecular flexibility index (Phi) is 4.83. The monoisotopic (exact) mass is 220 g/mol. The van der Waals surface area contributed by atoms with Gasteiger partial charge in [0, 0.05) is 18.8 Å². The lowest BCUT2D eigenvalue weighted by Gasteiger charge is -2.20. The van der Waals surface area contributed by atoms with Crippen LogP contribution in [0.2, 0.25) is 0 Å². The number of carbonyl (C=O) groups excluding carboxylic acids is 1. The van der Waals surface area contributed by atoms with Crippen LogP contribution < -0.4 is 5.73 Å². The molecule has 1 aromatic rings. The first kappa shape index (κ1) is 12.6. The summed E-state index contributed by atoms with van der Waals surface area (Å²) in [6.45, 7) is 5.69. The average Bonchev–Trinajstić information content (AvgIpc) is 2.25. The van der Waals surface area contributed by atoms with Crippen molar-refractivity contribution in [2.24, 2.45) is 0 Å². The maximum Gasteiger partial charge on any atom is 0.226 e. The second kappa shape index (κ2) is 6.16. The lowest BCUT2D eigenvalue weighted by Crippen LogP contribution is -2.32. The van der Waals surface area contributed by atoms with Crippen LogP contribution in [0.15, 0.2) is 24.3 Å². The van der Waals surface area contributed by atoms with Gasteiger partial charge in [-0.2, -0.15) is 0 Å². The first-order valence-electron chi connectivity index (χ1n) is 5.79. The second-order valence-electron chi connectivity index (χ2n) is 3.90. The molecule has 0 unspecified atom stereocenters. The van der Waals surface area contributed by atoms with Crippen molar-refractivity contribution in [3.05, 3.63) is 29.8 Å². The molecule has 0 saturated heterocycles. The fraction of sp³-hybridized carbons (Fsp3) is 0.462. The molecular formula is C13H20N2O. The SMILES string of the molecule is CCCN(CC)C(=O)Cc1cccc(N)c1. The molecule has 88 valence electrons. The largest absolute Gasteiger partial charge is 0.399 e. The van der Waals surface area contributed by atoms with Crippen molar-refractivity contribution in [1.29, 1.82) is 0 Å². The molecule has 1 aromatic carbocycles. The maximum absolute atomic E-state index is 11.9. The third-order valence-electron chi connectivity index (χ3n) is 2.53. The minimum absolute atomic E-state index is 0.176. The van der Waals surface area contributed by atoms with Crippen molar-refractivity contribution >= 4 is 11.6 Å². The number of nitrogens with zero attached hydrogens (tertiary/aromatic N) is 1. The Morgan fingerprint density at radius 2 is 2.12 bits per heavy atom. The van der Waals surface area contributed by atoms with Crippen molar-refractivity contribution in [1.82, 2.24) is 4.90 Å². The topological polar surface area (TPSA) is 46.3 Å². The molecule has 0 fully saturated rings. The van der Waals surface area contributed by atoms with Gasteiger partial charge in [0.1, 0.15) is 0 Å². The van der Waals surface area contributed by atoms with Gasteiger partial charge in [-0.1, -0.05) is 19.1 Å². The quantitative estimate of drug-likeness (QED) is 0.772. The average molecular weight is 220 g/mol. The van der Waals surface area contributed by atoms with Crippen LogP contribution >= 0.6 is 0 Å². The number of anilines is 1. The van der Waals surface area contributed by atoms with Gasteiger partial charge in [0.15, 0.2) is 0 Å². The maximum atomic E-state index is 11.9. The van der Waals surface area contributed by atoms with E-state index in [1.54, 1.807) is 0 Å². The minimum atomic E-state index is 0.176. The Bertz CT molecular complexity index is 350. The zero-order valence-electron chi connectivity index (χ0n) is 10.1. The van der Waals surface area contributed by atoms with Gasteiger partial charge in [0.2, 0.25) is 5.91 Å². The van der Waals surface area contributed by atoms with Crippen LogP contribution in [0.1, 0.15) is 25.8 Å². The van der Waals surface area contributed by atoms with Crippen molar-refractivity contribution in [2.75, 3.05) is 18.8 Å². The molecule has 16 heavy (non-hydrogen) atoms. The number of amides is 1. The summed E-state index contributed by atoms with van der Waals surface area (Å²) in [6, 6.07) is 7.51. The van der Waals surface area contributed by atoms with Gasteiger partial charge < -0.3 is 10.6 Å². The summed E-state index contributed by atoms with van der Waals surface area (Å²) in [5, 5.41) is 0. The van der Waals surface area contributed by atoms with Crippen LogP contribution in [0.4, 0.5) is 5.69 Å². The number of hydrogen-bond donors (Lipinski definition) is 1. The highest BCUT2D eigenvalue weighted by Gasteiger charge is 2.10. The van der Waals surface area contributed by atoms with E-state index in [1.807, 2.05) is 36.1 Å². The van der Waals surface area contributed by atoms with E-state index >= 15 is 0 Å². The number of hydrogen-bond acceptors (Lipinski definition) is 2. The number of rotatable bonds is 5. The first-order chi connectivity index (χ1) is 7.67. The van der Waals surface area contributed by atoms with Crippen LogP contribution in [0.5, 0.6) is 0 Å². The molecule has 0 aliphatic heterocycles. The molecule has 0 aliphatic rings. The standard InChI is InChI=1S/C13H20N2O/c1-3-8-15(4-2)13(16)10-11-6-5-7-12(14)9-11/h5-7,9H,3-4,8,10,14H2,1-2H3. The van der Waals surface area contributed by atoms with Crippen LogP contribution in [0, 0.1) is 0 Å². The fourth-order valence-electron chi connectivity index (χ4n) is 1.72. The Morgan fingerprint density at radius 3 is 2.69 bits per heavy atom. The van der Waals surface area contributed by atoms with Gasteiger partial charge >= 0.3 is 0 Å². The lowest BCUT2D eigenvalue weighted by molar-refractivity contribution is -0.130. The van der Waals surface area contributed by atoms with Crippen LogP contribution in [-0.2, 0) is 11.2 Å². The molecule has 0 atom stereocenters. The van der Waals surface area contributed by atoms with Gasteiger partial charge in [-0.25, -0.2) is 0 Å². The number of carbonyl (C=O) groups is 1. The molecule has 1 amide bonds. The van der Waals surface area contributed by atoms with Crippen molar-refractivity contribution in [2.45, 2.75) is 26.7 Å². The number of nitrogens with two attached hydrogens (primary N) is 1. The van der Waals surface area contributed by atoms with Gasteiger partial charge in [-0.15, -0.1) is 0 Å². The van der Waals surface area contributed by atoms with Gasteiger partial charge in [-0.3, -0.25) is 4.79 Å². The molecule has 1 rings (SSSR count).